The van der Waals surface area contributed by atoms with E-state index in [1.165, 1.54) is 5.01 Å². The number of nitrogens with one attached hydrogen (secondary N) is 2. The number of amides is 3. The Balaban J connectivity index is 1.56. The van der Waals surface area contributed by atoms with Crippen LogP contribution in [0.3, 0.4) is 0 Å². The largest absolute Gasteiger partial charge is 0.322 e. The molecule has 2 aromatic rings. The minimum Gasteiger partial charge on any atom is -0.322 e. The molecule has 1 spiro atoms. The number of hydrazine groups is 1. The standard InChI is InChI=1S/C23H25N3O3/c27-20-16-23(13-6-1-2-7-14-23)26(25-20)22(29)18-10-8-9-17(15-18)21(28)24-19-11-4-3-5-12-19/h3-5,8-12,15H,1-2,6-7,13-14,16H2,(H,24,28)(H,25,27). The van der Waals surface area contributed by atoms with E-state index in [0.29, 0.717) is 23.2 Å². The van der Waals surface area contributed by atoms with Gasteiger partial charge >= 0.3 is 0 Å². The molecule has 2 fully saturated rings. The average molecular weight is 391 g/mol. The van der Waals surface area contributed by atoms with Gasteiger partial charge in [0.15, 0.2) is 0 Å². The van der Waals surface area contributed by atoms with E-state index in [4.69, 9.17) is 0 Å². The van der Waals surface area contributed by atoms with Crippen LogP contribution in [0.25, 0.3) is 0 Å². The van der Waals surface area contributed by atoms with Gasteiger partial charge in [-0.25, -0.2) is 5.01 Å². The van der Waals surface area contributed by atoms with Crippen LogP contribution in [0.1, 0.15) is 65.7 Å². The molecule has 150 valence electrons. The number of anilines is 1. The molecule has 0 radical (unpaired) electrons. The van der Waals surface area contributed by atoms with Gasteiger partial charge in [-0.2, -0.15) is 0 Å². The van der Waals surface area contributed by atoms with E-state index in [2.05, 4.69) is 10.7 Å². The second kappa shape index (κ2) is 8.07. The summed E-state index contributed by atoms with van der Waals surface area (Å²) in [7, 11) is 0. The maximum atomic E-state index is 13.3. The monoisotopic (exact) mass is 391 g/mol. The highest BCUT2D eigenvalue weighted by molar-refractivity contribution is 6.06. The SMILES string of the molecule is O=C1CC2(CCCCCC2)N(C(=O)c2cccc(C(=O)Nc3ccccc3)c2)N1. The van der Waals surface area contributed by atoms with E-state index in [1.54, 1.807) is 24.3 Å². The normalized spacial score (nSPS) is 18.2. The lowest BCUT2D eigenvalue weighted by Crippen LogP contribution is -2.51. The fourth-order valence-electron chi connectivity index (χ4n) is 4.36. The molecule has 2 N–H and O–H groups in total. The van der Waals surface area contributed by atoms with Gasteiger partial charge < -0.3 is 5.32 Å². The second-order valence-corrected chi connectivity index (χ2v) is 7.89. The zero-order valence-electron chi connectivity index (χ0n) is 16.3. The Labute approximate surface area is 170 Å². The van der Waals surface area contributed by atoms with Crippen LogP contribution in [0, 0.1) is 0 Å². The molecular formula is C23H25N3O3. The quantitative estimate of drug-likeness (QED) is 0.833. The van der Waals surface area contributed by atoms with Gasteiger partial charge in [-0.05, 0) is 43.2 Å². The van der Waals surface area contributed by atoms with E-state index in [0.717, 1.165) is 38.5 Å². The number of nitrogens with zero attached hydrogens (tertiary/aromatic N) is 1. The van der Waals surface area contributed by atoms with Crippen molar-refractivity contribution in [3.05, 3.63) is 65.7 Å². The maximum absolute atomic E-state index is 13.3. The van der Waals surface area contributed by atoms with Crippen molar-refractivity contribution < 1.29 is 14.4 Å². The molecule has 3 amide bonds. The lowest BCUT2D eigenvalue weighted by molar-refractivity contribution is -0.120. The van der Waals surface area contributed by atoms with Crippen LogP contribution in [0.15, 0.2) is 54.6 Å². The predicted octanol–water partition coefficient (Wildman–Crippen LogP) is 3.91. The fourth-order valence-corrected chi connectivity index (χ4v) is 4.36. The van der Waals surface area contributed by atoms with Crippen molar-refractivity contribution in [3.8, 4) is 0 Å². The Morgan fingerprint density at radius 1 is 0.897 bits per heavy atom. The van der Waals surface area contributed by atoms with Crippen molar-refractivity contribution in [2.75, 3.05) is 5.32 Å². The van der Waals surface area contributed by atoms with Gasteiger partial charge in [-0.3, -0.25) is 19.8 Å². The number of rotatable bonds is 3. The van der Waals surface area contributed by atoms with Gasteiger partial charge in [0.25, 0.3) is 11.8 Å². The number of para-hydroxylation sites is 1. The molecule has 1 heterocycles. The molecule has 2 aromatic carbocycles. The van der Waals surface area contributed by atoms with Gasteiger partial charge in [0, 0.05) is 16.8 Å². The van der Waals surface area contributed by atoms with E-state index in [9.17, 15) is 14.4 Å². The van der Waals surface area contributed by atoms with Gasteiger partial charge in [0.2, 0.25) is 5.91 Å². The van der Waals surface area contributed by atoms with Crippen LogP contribution in [-0.2, 0) is 4.79 Å². The van der Waals surface area contributed by atoms with Crippen molar-refractivity contribution in [2.45, 2.75) is 50.5 Å². The molecule has 1 saturated carbocycles. The molecule has 29 heavy (non-hydrogen) atoms. The maximum Gasteiger partial charge on any atom is 0.272 e. The first-order valence-corrected chi connectivity index (χ1v) is 10.2. The fraction of sp³-hybridized carbons (Fsp3) is 0.348. The first-order chi connectivity index (χ1) is 14.1. The number of hydrogen-bond donors (Lipinski definition) is 2. The highest BCUT2D eigenvalue weighted by Crippen LogP contribution is 2.38. The van der Waals surface area contributed by atoms with E-state index >= 15 is 0 Å². The topological polar surface area (TPSA) is 78.5 Å². The third kappa shape index (κ3) is 4.01. The number of carbonyl (C=O) groups is 3. The Morgan fingerprint density at radius 3 is 2.31 bits per heavy atom. The van der Waals surface area contributed by atoms with E-state index in [-0.39, 0.29) is 17.7 Å². The molecule has 1 saturated heterocycles. The predicted molar refractivity (Wildman–Crippen MR) is 110 cm³/mol. The second-order valence-electron chi connectivity index (χ2n) is 7.89. The van der Waals surface area contributed by atoms with Crippen molar-refractivity contribution >= 4 is 23.4 Å². The van der Waals surface area contributed by atoms with Crippen LogP contribution in [-0.4, -0.2) is 28.3 Å². The Hall–Kier alpha value is -3.15. The summed E-state index contributed by atoms with van der Waals surface area (Å²) in [5.41, 5.74) is 3.82. The summed E-state index contributed by atoms with van der Waals surface area (Å²) >= 11 is 0. The Morgan fingerprint density at radius 2 is 1.59 bits per heavy atom. The number of hydrogen-bond acceptors (Lipinski definition) is 3. The molecule has 4 rings (SSSR count). The number of benzene rings is 2. The lowest BCUT2D eigenvalue weighted by atomic mass is 9.87. The summed E-state index contributed by atoms with van der Waals surface area (Å²) in [6.45, 7) is 0. The smallest absolute Gasteiger partial charge is 0.272 e. The van der Waals surface area contributed by atoms with Crippen LogP contribution >= 0.6 is 0 Å². The van der Waals surface area contributed by atoms with Crippen LogP contribution < -0.4 is 10.7 Å². The van der Waals surface area contributed by atoms with Crippen LogP contribution in [0.2, 0.25) is 0 Å². The molecule has 0 atom stereocenters. The summed E-state index contributed by atoms with van der Waals surface area (Å²) in [4.78, 5) is 38.1. The zero-order valence-corrected chi connectivity index (χ0v) is 16.3. The first-order valence-electron chi connectivity index (χ1n) is 10.2. The first kappa shape index (κ1) is 19.2. The molecule has 1 aliphatic carbocycles. The summed E-state index contributed by atoms with van der Waals surface area (Å²) in [5.74, 6) is -0.647. The summed E-state index contributed by atoms with van der Waals surface area (Å²) in [5, 5.41) is 4.37. The molecule has 0 bridgehead atoms. The molecule has 1 aliphatic heterocycles. The van der Waals surface area contributed by atoms with Crippen molar-refractivity contribution in [1.82, 2.24) is 10.4 Å². The van der Waals surface area contributed by atoms with Crippen molar-refractivity contribution in [3.63, 3.8) is 0 Å². The van der Waals surface area contributed by atoms with Gasteiger partial charge in [0.1, 0.15) is 0 Å². The van der Waals surface area contributed by atoms with Crippen LogP contribution in [0.4, 0.5) is 5.69 Å². The number of carbonyl (C=O) groups excluding carboxylic acids is 3. The third-order valence-corrected chi connectivity index (χ3v) is 5.84. The average Bonchev–Trinajstić information content (AvgIpc) is 2.89. The molecule has 0 aromatic heterocycles. The summed E-state index contributed by atoms with van der Waals surface area (Å²) in [6.07, 6.45) is 6.29. The van der Waals surface area contributed by atoms with Gasteiger partial charge in [-0.1, -0.05) is 49.9 Å². The lowest BCUT2D eigenvalue weighted by Gasteiger charge is -2.36. The zero-order chi connectivity index (χ0) is 20.3. The van der Waals surface area contributed by atoms with Crippen molar-refractivity contribution in [2.24, 2.45) is 0 Å². The molecule has 2 aliphatic rings. The van der Waals surface area contributed by atoms with Crippen LogP contribution in [0.5, 0.6) is 0 Å². The highest BCUT2D eigenvalue weighted by Gasteiger charge is 2.47. The molecule has 6 nitrogen and oxygen atoms in total. The third-order valence-electron chi connectivity index (χ3n) is 5.84. The van der Waals surface area contributed by atoms with E-state index in [1.807, 2.05) is 30.3 Å². The minimum absolute atomic E-state index is 0.113. The highest BCUT2D eigenvalue weighted by atomic mass is 16.2. The van der Waals surface area contributed by atoms with Gasteiger partial charge in [0.05, 0.1) is 12.0 Å². The minimum atomic E-state index is -0.451. The Kier molecular flexibility index (Phi) is 5.34. The summed E-state index contributed by atoms with van der Waals surface area (Å²) < 4.78 is 0. The van der Waals surface area contributed by atoms with Gasteiger partial charge in [-0.15, -0.1) is 0 Å². The summed E-state index contributed by atoms with van der Waals surface area (Å²) in [6, 6.07) is 15.8. The van der Waals surface area contributed by atoms with Crippen molar-refractivity contribution in [1.29, 1.82) is 0 Å². The molecular weight excluding hydrogens is 366 g/mol. The molecule has 6 heteroatoms. The van der Waals surface area contributed by atoms with E-state index < -0.39 is 5.54 Å². The Bertz CT molecular complexity index is 918. The molecule has 0 unspecified atom stereocenters.